The number of nitrogens with one attached hydrogen (secondary N) is 1. The van der Waals surface area contributed by atoms with Crippen LogP contribution in [0.1, 0.15) is 34.8 Å². The molecule has 114 valence electrons. The summed E-state index contributed by atoms with van der Waals surface area (Å²) >= 11 is 0. The van der Waals surface area contributed by atoms with E-state index in [9.17, 15) is 4.79 Å². The first-order valence-corrected chi connectivity index (χ1v) is 7.22. The van der Waals surface area contributed by atoms with Crippen LogP contribution in [-0.2, 0) is 0 Å². The number of benzene rings is 2. The van der Waals surface area contributed by atoms with Crippen molar-refractivity contribution >= 4 is 11.6 Å². The van der Waals surface area contributed by atoms with Gasteiger partial charge < -0.3 is 4.74 Å². The van der Waals surface area contributed by atoms with Crippen LogP contribution < -0.4 is 10.2 Å². The van der Waals surface area contributed by atoms with Gasteiger partial charge in [0.1, 0.15) is 5.75 Å². The number of aryl methyl sites for hydroxylation is 1. The second-order valence-corrected chi connectivity index (χ2v) is 4.92. The first-order chi connectivity index (χ1) is 10.7. The van der Waals surface area contributed by atoms with Crippen LogP contribution in [0.15, 0.2) is 53.6 Å². The standard InChI is InChI=1S/C18H20N2O2/c1-4-16(14-11-9-13(2)10-12-14)19-20-18(21)15-7-5-6-8-17(15)22-3/h5-12H,4H2,1-3H3,(H,20,21)/b19-16+. The molecule has 0 saturated carbocycles. The minimum Gasteiger partial charge on any atom is -0.496 e. The van der Waals surface area contributed by atoms with E-state index in [1.807, 2.05) is 44.2 Å². The van der Waals surface area contributed by atoms with Gasteiger partial charge in [-0.05, 0) is 31.0 Å². The van der Waals surface area contributed by atoms with E-state index in [0.29, 0.717) is 11.3 Å². The molecule has 22 heavy (non-hydrogen) atoms. The zero-order chi connectivity index (χ0) is 15.9. The summed E-state index contributed by atoms with van der Waals surface area (Å²) in [6.45, 7) is 4.05. The fourth-order valence-electron chi connectivity index (χ4n) is 2.10. The van der Waals surface area contributed by atoms with Gasteiger partial charge in [0.2, 0.25) is 0 Å². The lowest BCUT2D eigenvalue weighted by Crippen LogP contribution is -2.20. The number of carbonyl (C=O) groups excluding carboxylic acids is 1. The minimum absolute atomic E-state index is 0.282. The number of rotatable bonds is 5. The van der Waals surface area contributed by atoms with Gasteiger partial charge in [-0.2, -0.15) is 5.10 Å². The van der Waals surface area contributed by atoms with Crippen molar-refractivity contribution in [2.45, 2.75) is 20.3 Å². The summed E-state index contributed by atoms with van der Waals surface area (Å²) in [4.78, 5) is 12.2. The Morgan fingerprint density at radius 1 is 1.14 bits per heavy atom. The monoisotopic (exact) mass is 296 g/mol. The lowest BCUT2D eigenvalue weighted by Gasteiger charge is -2.08. The summed E-state index contributed by atoms with van der Waals surface area (Å²) in [7, 11) is 1.54. The maximum absolute atomic E-state index is 12.2. The molecule has 0 aromatic heterocycles. The van der Waals surface area contributed by atoms with E-state index >= 15 is 0 Å². The number of ether oxygens (including phenoxy) is 1. The predicted molar refractivity (Wildman–Crippen MR) is 88.5 cm³/mol. The van der Waals surface area contributed by atoms with Crippen molar-refractivity contribution in [1.82, 2.24) is 5.43 Å². The average Bonchev–Trinajstić information content (AvgIpc) is 2.56. The molecule has 2 rings (SSSR count). The first-order valence-electron chi connectivity index (χ1n) is 7.22. The number of para-hydroxylation sites is 1. The van der Waals surface area contributed by atoms with Gasteiger partial charge in [-0.25, -0.2) is 5.43 Å². The molecule has 0 heterocycles. The number of hydrogen-bond acceptors (Lipinski definition) is 3. The summed E-state index contributed by atoms with van der Waals surface area (Å²) < 4.78 is 5.19. The van der Waals surface area contributed by atoms with Crippen LogP contribution in [0, 0.1) is 6.92 Å². The Morgan fingerprint density at radius 2 is 1.82 bits per heavy atom. The highest BCUT2D eigenvalue weighted by atomic mass is 16.5. The zero-order valence-corrected chi connectivity index (χ0v) is 13.1. The zero-order valence-electron chi connectivity index (χ0n) is 13.1. The molecule has 0 aliphatic carbocycles. The van der Waals surface area contributed by atoms with Crippen molar-refractivity contribution < 1.29 is 9.53 Å². The van der Waals surface area contributed by atoms with Gasteiger partial charge >= 0.3 is 0 Å². The van der Waals surface area contributed by atoms with E-state index in [-0.39, 0.29) is 5.91 Å². The Morgan fingerprint density at radius 3 is 2.45 bits per heavy atom. The quantitative estimate of drug-likeness (QED) is 0.677. The van der Waals surface area contributed by atoms with Crippen molar-refractivity contribution in [3.8, 4) is 5.75 Å². The minimum atomic E-state index is -0.282. The highest BCUT2D eigenvalue weighted by molar-refractivity contribution is 6.02. The van der Waals surface area contributed by atoms with Crippen LogP contribution in [0.25, 0.3) is 0 Å². The number of hydrogen-bond donors (Lipinski definition) is 1. The normalized spacial score (nSPS) is 11.1. The molecule has 0 fully saturated rings. The molecular weight excluding hydrogens is 276 g/mol. The van der Waals surface area contributed by atoms with Gasteiger partial charge in [-0.1, -0.05) is 48.9 Å². The van der Waals surface area contributed by atoms with E-state index in [2.05, 4.69) is 10.5 Å². The predicted octanol–water partition coefficient (Wildman–Crippen LogP) is 3.55. The third-order valence-electron chi connectivity index (χ3n) is 3.36. The lowest BCUT2D eigenvalue weighted by atomic mass is 10.1. The van der Waals surface area contributed by atoms with Crippen LogP contribution in [-0.4, -0.2) is 18.7 Å². The maximum atomic E-state index is 12.2. The molecule has 0 aliphatic heterocycles. The number of hydrazone groups is 1. The van der Waals surface area contributed by atoms with Crippen LogP contribution in [0.5, 0.6) is 5.75 Å². The van der Waals surface area contributed by atoms with Gasteiger partial charge in [-0.15, -0.1) is 0 Å². The molecule has 0 aliphatic rings. The van der Waals surface area contributed by atoms with Crippen LogP contribution in [0.2, 0.25) is 0 Å². The molecule has 2 aromatic rings. The van der Waals surface area contributed by atoms with Crippen LogP contribution in [0.3, 0.4) is 0 Å². The molecule has 0 saturated heterocycles. The summed E-state index contributed by atoms with van der Waals surface area (Å²) in [5, 5.41) is 4.26. The summed E-state index contributed by atoms with van der Waals surface area (Å²) in [6, 6.07) is 15.1. The van der Waals surface area contributed by atoms with Gasteiger partial charge in [0.05, 0.1) is 18.4 Å². The molecule has 4 nitrogen and oxygen atoms in total. The number of nitrogens with zero attached hydrogens (tertiary/aromatic N) is 1. The topological polar surface area (TPSA) is 50.7 Å². The summed E-state index contributed by atoms with van der Waals surface area (Å²) in [5.41, 5.74) is 6.11. The van der Waals surface area contributed by atoms with Crippen LogP contribution >= 0.6 is 0 Å². The lowest BCUT2D eigenvalue weighted by molar-refractivity contribution is 0.0952. The van der Waals surface area contributed by atoms with Crippen molar-refractivity contribution in [1.29, 1.82) is 0 Å². The molecule has 0 radical (unpaired) electrons. The van der Waals surface area contributed by atoms with E-state index in [1.165, 1.54) is 5.56 Å². The third-order valence-corrected chi connectivity index (χ3v) is 3.36. The number of carbonyl (C=O) groups is 1. The van der Waals surface area contributed by atoms with E-state index in [1.54, 1.807) is 25.3 Å². The fourth-order valence-corrected chi connectivity index (χ4v) is 2.10. The summed E-state index contributed by atoms with van der Waals surface area (Å²) in [5.74, 6) is 0.249. The molecule has 0 bridgehead atoms. The Hall–Kier alpha value is -2.62. The molecule has 4 heteroatoms. The highest BCUT2D eigenvalue weighted by Crippen LogP contribution is 2.17. The van der Waals surface area contributed by atoms with E-state index in [4.69, 9.17) is 4.74 Å². The van der Waals surface area contributed by atoms with Gasteiger partial charge in [0.25, 0.3) is 5.91 Å². The van der Waals surface area contributed by atoms with Gasteiger partial charge in [0, 0.05) is 0 Å². The first kappa shape index (κ1) is 15.8. The average molecular weight is 296 g/mol. The molecular formula is C18H20N2O2. The second kappa shape index (κ2) is 7.41. The van der Waals surface area contributed by atoms with Gasteiger partial charge in [0.15, 0.2) is 0 Å². The Labute approximate surface area is 130 Å². The smallest absolute Gasteiger partial charge is 0.275 e. The third kappa shape index (κ3) is 3.73. The Balaban J connectivity index is 2.18. The SMILES string of the molecule is CC/C(=N\NC(=O)c1ccccc1OC)c1ccc(C)cc1. The number of methoxy groups -OCH3 is 1. The fraction of sp³-hybridized carbons (Fsp3) is 0.222. The largest absolute Gasteiger partial charge is 0.496 e. The highest BCUT2D eigenvalue weighted by Gasteiger charge is 2.11. The Kier molecular flexibility index (Phi) is 5.31. The molecule has 0 atom stereocenters. The summed E-state index contributed by atoms with van der Waals surface area (Å²) in [6.07, 6.45) is 0.731. The number of amides is 1. The second-order valence-electron chi connectivity index (χ2n) is 4.92. The van der Waals surface area contributed by atoms with Crippen molar-refractivity contribution in [2.75, 3.05) is 7.11 Å². The van der Waals surface area contributed by atoms with Crippen molar-refractivity contribution in [2.24, 2.45) is 5.10 Å². The molecule has 2 aromatic carbocycles. The molecule has 0 spiro atoms. The molecule has 1 amide bonds. The van der Waals surface area contributed by atoms with E-state index in [0.717, 1.165) is 17.7 Å². The molecule has 1 N–H and O–H groups in total. The molecule has 0 unspecified atom stereocenters. The van der Waals surface area contributed by atoms with E-state index < -0.39 is 0 Å². The van der Waals surface area contributed by atoms with Crippen molar-refractivity contribution in [3.05, 3.63) is 65.2 Å². The maximum Gasteiger partial charge on any atom is 0.275 e. The Bertz CT molecular complexity index is 676. The van der Waals surface area contributed by atoms with Crippen molar-refractivity contribution in [3.63, 3.8) is 0 Å². The van der Waals surface area contributed by atoms with Crippen LogP contribution in [0.4, 0.5) is 0 Å². The van der Waals surface area contributed by atoms with Gasteiger partial charge in [-0.3, -0.25) is 4.79 Å².